The largest absolute Gasteiger partial charge is 0.373 e. The smallest absolute Gasteiger partial charge is 0.273 e. The maximum absolute atomic E-state index is 13.1. The molecule has 6 nitrogen and oxygen atoms in total. The minimum atomic E-state index is -0.313. The van der Waals surface area contributed by atoms with Crippen LogP contribution in [0.15, 0.2) is 54.6 Å². The van der Waals surface area contributed by atoms with Crippen LogP contribution in [0.2, 0.25) is 0 Å². The zero-order chi connectivity index (χ0) is 22.5. The Hall–Kier alpha value is -3.03. The average molecular weight is 437 g/mol. The molecule has 2 aromatic carbocycles. The topological polar surface area (TPSA) is 70.2 Å². The van der Waals surface area contributed by atoms with E-state index in [0.717, 1.165) is 43.7 Å². The molecule has 1 aliphatic heterocycles. The average Bonchev–Trinajstić information content (AvgIpc) is 3.31. The van der Waals surface area contributed by atoms with E-state index < -0.39 is 0 Å². The van der Waals surface area contributed by atoms with Gasteiger partial charge in [0, 0.05) is 23.9 Å². The number of amides is 1. The third-order valence-electron chi connectivity index (χ3n) is 6.06. The van der Waals surface area contributed by atoms with Crippen LogP contribution in [-0.4, -0.2) is 46.7 Å². The summed E-state index contributed by atoms with van der Waals surface area (Å²) in [7, 11) is 0. The summed E-state index contributed by atoms with van der Waals surface area (Å²) in [6, 6.07) is 16.0. The lowest BCUT2D eigenvalue weighted by molar-refractivity contribution is -0.0265. The number of nitrogens with one attached hydrogen (secondary N) is 2. The van der Waals surface area contributed by atoms with Crippen LogP contribution in [0, 0.1) is 5.82 Å². The van der Waals surface area contributed by atoms with Gasteiger partial charge in [-0.05, 0) is 74.0 Å². The second-order valence-electron chi connectivity index (χ2n) is 8.01. The summed E-state index contributed by atoms with van der Waals surface area (Å²) in [6.45, 7) is 7.20. The number of rotatable bonds is 7. The van der Waals surface area contributed by atoms with E-state index in [-0.39, 0.29) is 17.8 Å². The number of aromatic amines is 1. The molecular formula is C25H29FN4O2. The van der Waals surface area contributed by atoms with Crippen molar-refractivity contribution in [2.75, 3.05) is 25.0 Å². The predicted octanol–water partition coefficient (Wildman–Crippen LogP) is 5.03. The molecule has 2 N–H and O–H groups in total. The second kappa shape index (κ2) is 10.1. The quantitative estimate of drug-likeness (QED) is 0.545. The highest BCUT2D eigenvalue weighted by Crippen LogP contribution is 2.32. The van der Waals surface area contributed by atoms with Gasteiger partial charge in [-0.25, -0.2) is 4.39 Å². The van der Waals surface area contributed by atoms with Crippen molar-refractivity contribution in [3.63, 3.8) is 0 Å². The van der Waals surface area contributed by atoms with E-state index in [9.17, 15) is 9.18 Å². The minimum absolute atomic E-state index is 0.0171. The molecule has 0 aliphatic carbocycles. The van der Waals surface area contributed by atoms with Crippen LogP contribution in [0.3, 0.4) is 0 Å². The Kier molecular flexibility index (Phi) is 6.97. The van der Waals surface area contributed by atoms with Crippen molar-refractivity contribution in [3.8, 4) is 11.3 Å². The third-order valence-corrected chi connectivity index (χ3v) is 6.06. The molecule has 3 aromatic rings. The van der Waals surface area contributed by atoms with Gasteiger partial charge in [-0.1, -0.05) is 26.0 Å². The first-order valence-corrected chi connectivity index (χ1v) is 11.2. The van der Waals surface area contributed by atoms with E-state index in [4.69, 9.17) is 4.74 Å². The molecule has 0 bridgehead atoms. The lowest BCUT2D eigenvalue weighted by Gasteiger charge is -2.36. The highest BCUT2D eigenvalue weighted by molar-refractivity contribution is 6.03. The standard InChI is InChI=1S/C25H29FN4O2/c1-3-30(4-2)21-12-13-32-24(15-21)18-6-5-7-20(14-18)27-25(31)23-16-22(28-29-23)17-8-10-19(26)11-9-17/h5-11,14,16,21,24H,3-4,12-13,15H2,1-2H3,(H,27,31)(H,28,29)/t21-,24+/m1/s1. The van der Waals surface area contributed by atoms with Crippen molar-refractivity contribution < 1.29 is 13.9 Å². The molecule has 4 rings (SSSR count). The molecule has 32 heavy (non-hydrogen) atoms. The van der Waals surface area contributed by atoms with Crippen molar-refractivity contribution in [2.45, 2.75) is 38.8 Å². The number of halogens is 1. The maximum Gasteiger partial charge on any atom is 0.273 e. The number of anilines is 1. The lowest BCUT2D eigenvalue weighted by atomic mass is 9.96. The molecule has 7 heteroatoms. The zero-order valence-electron chi connectivity index (χ0n) is 18.5. The van der Waals surface area contributed by atoms with Crippen LogP contribution in [-0.2, 0) is 4.74 Å². The number of carbonyl (C=O) groups excluding carboxylic acids is 1. The summed E-state index contributed by atoms with van der Waals surface area (Å²) in [5.41, 5.74) is 3.43. The number of aromatic nitrogens is 2. The van der Waals surface area contributed by atoms with Gasteiger partial charge in [0.15, 0.2) is 0 Å². The first-order valence-electron chi connectivity index (χ1n) is 11.2. The predicted molar refractivity (Wildman–Crippen MR) is 123 cm³/mol. The normalized spacial score (nSPS) is 18.6. The molecule has 0 unspecified atom stereocenters. The summed E-state index contributed by atoms with van der Waals surface area (Å²) < 4.78 is 19.2. The second-order valence-corrected chi connectivity index (χ2v) is 8.01. The molecule has 0 radical (unpaired) electrons. The minimum Gasteiger partial charge on any atom is -0.373 e. The van der Waals surface area contributed by atoms with Gasteiger partial charge in [-0.3, -0.25) is 9.89 Å². The van der Waals surface area contributed by atoms with E-state index >= 15 is 0 Å². The van der Waals surface area contributed by atoms with Crippen molar-refractivity contribution in [1.29, 1.82) is 0 Å². The molecule has 1 aromatic heterocycles. The van der Waals surface area contributed by atoms with Crippen LogP contribution >= 0.6 is 0 Å². The third kappa shape index (κ3) is 5.06. The van der Waals surface area contributed by atoms with Gasteiger partial charge in [0.05, 0.1) is 11.8 Å². The number of ether oxygens (including phenoxy) is 1. The highest BCUT2D eigenvalue weighted by Gasteiger charge is 2.27. The van der Waals surface area contributed by atoms with Gasteiger partial charge in [0.2, 0.25) is 0 Å². The van der Waals surface area contributed by atoms with Gasteiger partial charge < -0.3 is 15.0 Å². The van der Waals surface area contributed by atoms with Gasteiger partial charge in [0.25, 0.3) is 5.91 Å². The summed E-state index contributed by atoms with van der Waals surface area (Å²) in [5.74, 6) is -0.596. The van der Waals surface area contributed by atoms with Crippen LogP contribution in [0.4, 0.5) is 10.1 Å². The van der Waals surface area contributed by atoms with Crippen molar-refractivity contribution in [2.24, 2.45) is 0 Å². The molecule has 1 amide bonds. The number of nitrogens with zero attached hydrogens (tertiary/aromatic N) is 2. The molecule has 1 fully saturated rings. The SMILES string of the molecule is CCN(CC)[C@@H]1CCO[C@H](c2cccc(NC(=O)c3cc(-c4ccc(F)cc4)n[nH]3)c2)C1. The summed E-state index contributed by atoms with van der Waals surface area (Å²) in [5, 5.41) is 9.87. The Labute approximate surface area is 187 Å². The number of hydrogen-bond acceptors (Lipinski definition) is 4. The first-order chi connectivity index (χ1) is 15.6. The molecular weight excluding hydrogens is 407 g/mol. The van der Waals surface area contributed by atoms with Crippen molar-refractivity contribution in [3.05, 3.63) is 71.7 Å². The Bertz CT molecular complexity index is 1050. The number of H-pyrrole nitrogens is 1. The fourth-order valence-corrected chi connectivity index (χ4v) is 4.30. The molecule has 0 saturated carbocycles. The molecule has 0 spiro atoms. The van der Waals surface area contributed by atoms with Crippen molar-refractivity contribution >= 4 is 11.6 Å². The molecule has 1 aliphatic rings. The van der Waals surface area contributed by atoms with E-state index in [1.165, 1.54) is 12.1 Å². The molecule has 168 valence electrons. The first kappa shape index (κ1) is 22.2. The van der Waals surface area contributed by atoms with Gasteiger partial charge in [-0.2, -0.15) is 5.10 Å². The van der Waals surface area contributed by atoms with Crippen LogP contribution in [0.5, 0.6) is 0 Å². The van der Waals surface area contributed by atoms with Gasteiger partial charge in [-0.15, -0.1) is 0 Å². The fourth-order valence-electron chi connectivity index (χ4n) is 4.30. The van der Waals surface area contributed by atoms with E-state index in [0.29, 0.717) is 23.1 Å². The van der Waals surface area contributed by atoms with Gasteiger partial charge in [0.1, 0.15) is 11.5 Å². The Morgan fingerprint density at radius 2 is 1.97 bits per heavy atom. The molecule has 2 heterocycles. The van der Waals surface area contributed by atoms with Crippen LogP contribution < -0.4 is 5.32 Å². The lowest BCUT2D eigenvalue weighted by Crippen LogP contribution is -2.40. The zero-order valence-corrected chi connectivity index (χ0v) is 18.5. The summed E-state index contributed by atoms with van der Waals surface area (Å²) >= 11 is 0. The Morgan fingerprint density at radius 1 is 1.19 bits per heavy atom. The van der Waals surface area contributed by atoms with E-state index in [1.807, 2.05) is 24.3 Å². The fraction of sp³-hybridized carbons (Fsp3) is 0.360. The van der Waals surface area contributed by atoms with Gasteiger partial charge >= 0.3 is 0 Å². The summed E-state index contributed by atoms with van der Waals surface area (Å²) in [4.78, 5) is 15.2. The monoisotopic (exact) mass is 436 g/mol. The Balaban J connectivity index is 1.44. The number of benzene rings is 2. The molecule has 1 saturated heterocycles. The van der Waals surface area contributed by atoms with Crippen molar-refractivity contribution in [1.82, 2.24) is 15.1 Å². The summed E-state index contributed by atoms with van der Waals surface area (Å²) in [6.07, 6.45) is 2.01. The van der Waals surface area contributed by atoms with Crippen LogP contribution in [0.1, 0.15) is 48.8 Å². The van der Waals surface area contributed by atoms with E-state index in [1.54, 1.807) is 18.2 Å². The number of hydrogen-bond donors (Lipinski definition) is 2. The molecule has 2 atom stereocenters. The number of carbonyl (C=O) groups is 1. The highest BCUT2D eigenvalue weighted by atomic mass is 19.1. The Morgan fingerprint density at radius 3 is 2.72 bits per heavy atom. The van der Waals surface area contributed by atoms with E-state index in [2.05, 4.69) is 34.3 Å². The maximum atomic E-state index is 13.1. The van der Waals surface area contributed by atoms with Crippen LogP contribution in [0.25, 0.3) is 11.3 Å².